The van der Waals surface area contributed by atoms with Gasteiger partial charge in [0.1, 0.15) is 6.10 Å². The third-order valence-electron chi connectivity index (χ3n) is 4.16. The number of carbonyl (C=O) groups excluding carboxylic acids is 1. The van der Waals surface area contributed by atoms with Crippen molar-refractivity contribution in [2.24, 2.45) is 0 Å². The Hall–Kier alpha value is -3.06. The van der Waals surface area contributed by atoms with Crippen LogP contribution in [-0.2, 0) is 24.4 Å². The minimum atomic E-state index is -0.258. The van der Waals surface area contributed by atoms with Gasteiger partial charge in [0, 0.05) is 18.9 Å². The van der Waals surface area contributed by atoms with Crippen molar-refractivity contribution in [3.8, 4) is 0 Å². The highest BCUT2D eigenvalue weighted by atomic mass is 16.5. The Morgan fingerprint density at radius 3 is 2.92 bits per heavy atom. The van der Waals surface area contributed by atoms with Gasteiger partial charge in [0.15, 0.2) is 5.69 Å². The predicted molar refractivity (Wildman–Crippen MR) is 89.4 cm³/mol. The minimum absolute atomic E-state index is 0.0818. The topological polar surface area (TPSA) is 81.9 Å². The lowest BCUT2D eigenvalue weighted by Crippen LogP contribution is -2.27. The van der Waals surface area contributed by atoms with E-state index in [1.54, 1.807) is 17.1 Å². The first kappa shape index (κ1) is 15.5. The van der Waals surface area contributed by atoms with Crippen LogP contribution in [0.15, 0.2) is 54.9 Å². The van der Waals surface area contributed by atoms with Crippen LogP contribution < -0.4 is 5.32 Å². The van der Waals surface area contributed by atoms with Crippen LogP contribution in [0.2, 0.25) is 0 Å². The van der Waals surface area contributed by atoms with Crippen LogP contribution in [0.3, 0.4) is 0 Å². The predicted octanol–water partition coefficient (Wildman–Crippen LogP) is 1.87. The van der Waals surface area contributed by atoms with E-state index in [-0.39, 0.29) is 12.0 Å². The molecule has 7 heteroatoms. The summed E-state index contributed by atoms with van der Waals surface area (Å²) in [6.45, 7) is 1.25. The number of rotatable bonds is 4. The Labute approximate surface area is 144 Å². The molecule has 0 bridgehead atoms. The van der Waals surface area contributed by atoms with Gasteiger partial charge in [0.25, 0.3) is 5.91 Å². The van der Waals surface area contributed by atoms with Crippen LogP contribution in [0.4, 0.5) is 0 Å². The zero-order valence-corrected chi connectivity index (χ0v) is 13.5. The van der Waals surface area contributed by atoms with Crippen molar-refractivity contribution in [3.63, 3.8) is 0 Å². The van der Waals surface area contributed by atoms with Gasteiger partial charge in [-0.25, -0.2) is 4.68 Å². The van der Waals surface area contributed by atoms with E-state index in [1.807, 2.05) is 42.5 Å². The number of benzene rings is 1. The summed E-state index contributed by atoms with van der Waals surface area (Å²) in [5.74, 6) is -0.258. The molecule has 0 saturated carbocycles. The highest BCUT2D eigenvalue weighted by Gasteiger charge is 2.27. The van der Waals surface area contributed by atoms with Gasteiger partial charge in [0.2, 0.25) is 0 Å². The van der Waals surface area contributed by atoms with Crippen molar-refractivity contribution in [2.45, 2.75) is 25.8 Å². The summed E-state index contributed by atoms with van der Waals surface area (Å²) in [6.07, 6.45) is 3.33. The average molecular weight is 335 g/mol. The van der Waals surface area contributed by atoms with Gasteiger partial charge in [-0.3, -0.25) is 9.78 Å². The van der Waals surface area contributed by atoms with E-state index in [9.17, 15) is 4.79 Å². The van der Waals surface area contributed by atoms with Gasteiger partial charge in [-0.2, -0.15) is 0 Å². The number of ether oxygens (including phenoxy) is 1. The highest BCUT2D eigenvalue weighted by molar-refractivity contribution is 5.93. The molecule has 7 nitrogen and oxygen atoms in total. The first-order valence-electron chi connectivity index (χ1n) is 8.07. The summed E-state index contributed by atoms with van der Waals surface area (Å²) in [6, 6.07) is 13.7. The second kappa shape index (κ2) is 6.82. The maximum atomic E-state index is 12.4. The van der Waals surface area contributed by atoms with E-state index in [1.165, 1.54) is 0 Å². The molecule has 0 unspecified atom stereocenters. The molecule has 2 aromatic heterocycles. The Kier molecular flexibility index (Phi) is 4.22. The molecule has 1 N–H and O–H groups in total. The molecule has 0 aliphatic carbocycles. The smallest absolute Gasteiger partial charge is 0.274 e. The number of pyridine rings is 1. The maximum absolute atomic E-state index is 12.4. The number of hydrogen-bond acceptors (Lipinski definition) is 5. The molecule has 1 atom stereocenters. The zero-order valence-electron chi connectivity index (χ0n) is 13.5. The zero-order chi connectivity index (χ0) is 17.1. The second-order valence-corrected chi connectivity index (χ2v) is 5.82. The molecule has 0 spiro atoms. The average Bonchev–Trinajstić information content (AvgIpc) is 3.11. The van der Waals surface area contributed by atoms with Crippen LogP contribution in [0.1, 0.15) is 33.4 Å². The van der Waals surface area contributed by atoms with Gasteiger partial charge in [0.05, 0.1) is 18.8 Å². The molecule has 126 valence electrons. The van der Waals surface area contributed by atoms with Crippen molar-refractivity contribution >= 4 is 5.91 Å². The molecule has 1 amide bonds. The van der Waals surface area contributed by atoms with Crippen molar-refractivity contribution in [2.75, 3.05) is 0 Å². The lowest BCUT2D eigenvalue weighted by Gasteiger charge is -2.24. The van der Waals surface area contributed by atoms with Crippen LogP contribution in [0.5, 0.6) is 0 Å². The number of nitrogens with one attached hydrogen (secondary N) is 1. The van der Waals surface area contributed by atoms with Gasteiger partial charge in [-0.1, -0.05) is 41.6 Å². The summed E-state index contributed by atoms with van der Waals surface area (Å²) in [7, 11) is 0. The summed E-state index contributed by atoms with van der Waals surface area (Å²) in [5, 5.41) is 11.0. The summed E-state index contributed by atoms with van der Waals surface area (Å²) in [5.41, 5.74) is 3.04. The molecular formula is C18H17N5O2. The van der Waals surface area contributed by atoms with Crippen LogP contribution in [-0.4, -0.2) is 25.9 Å². The number of amides is 1. The standard InChI is InChI=1S/C18H17N5O2/c24-18(20-10-13-5-4-8-19-9-13)17-15-12-25-16(11-23(15)22-21-17)14-6-2-1-3-7-14/h1-9,16H,10-12H2,(H,20,24)/t16-/m0/s1. The van der Waals surface area contributed by atoms with Crippen molar-refractivity contribution in [1.29, 1.82) is 0 Å². The Morgan fingerprint density at radius 1 is 1.24 bits per heavy atom. The van der Waals surface area contributed by atoms with Crippen LogP contribution >= 0.6 is 0 Å². The fraction of sp³-hybridized carbons (Fsp3) is 0.222. The van der Waals surface area contributed by atoms with Crippen LogP contribution in [0.25, 0.3) is 0 Å². The molecule has 1 aliphatic heterocycles. The van der Waals surface area contributed by atoms with Crippen molar-refractivity contribution in [1.82, 2.24) is 25.3 Å². The molecule has 3 aromatic rings. The molecule has 3 heterocycles. The van der Waals surface area contributed by atoms with E-state index in [0.717, 1.165) is 11.1 Å². The highest BCUT2D eigenvalue weighted by Crippen LogP contribution is 2.26. The number of carbonyl (C=O) groups is 1. The molecule has 0 fully saturated rings. The van der Waals surface area contributed by atoms with Gasteiger partial charge in [-0.15, -0.1) is 5.10 Å². The SMILES string of the molecule is O=C(NCc1cccnc1)c1nnn2c1CO[C@H](c1ccccc1)C2. The third-order valence-corrected chi connectivity index (χ3v) is 4.16. The first-order chi connectivity index (χ1) is 12.3. The second-order valence-electron chi connectivity index (χ2n) is 5.82. The molecule has 1 aromatic carbocycles. The third kappa shape index (κ3) is 3.27. The Morgan fingerprint density at radius 2 is 2.12 bits per heavy atom. The molecule has 25 heavy (non-hydrogen) atoms. The lowest BCUT2D eigenvalue weighted by molar-refractivity contribution is -0.00177. The van der Waals surface area contributed by atoms with E-state index < -0.39 is 0 Å². The fourth-order valence-corrected chi connectivity index (χ4v) is 2.83. The molecule has 1 aliphatic rings. The van der Waals surface area contributed by atoms with Gasteiger partial charge < -0.3 is 10.1 Å². The summed E-state index contributed by atoms with van der Waals surface area (Å²) >= 11 is 0. The Bertz CT molecular complexity index is 864. The quantitative estimate of drug-likeness (QED) is 0.787. The normalized spacial score (nSPS) is 16.2. The molecular weight excluding hydrogens is 318 g/mol. The van der Waals surface area contributed by atoms with E-state index in [4.69, 9.17) is 4.74 Å². The number of nitrogens with zero attached hydrogens (tertiary/aromatic N) is 4. The van der Waals surface area contributed by atoms with E-state index in [0.29, 0.717) is 31.1 Å². The minimum Gasteiger partial charge on any atom is -0.365 e. The van der Waals surface area contributed by atoms with Crippen molar-refractivity contribution in [3.05, 3.63) is 77.4 Å². The largest absolute Gasteiger partial charge is 0.365 e. The monoisotopic (exact) mass is 335 g/mol. The van der Waals surface area contributed by atoms with Crippen molar-refractivity contribution < 1.29 is 9.53 Å². The van der Waals surface area contributed by atoms with Crippen LogP contribution in [0, 0.1) is 0 Å². The summed E-state index contributed by atoms with van der Waals surface area (Å²) in [4.78, 5) is 16.4. The Balaban J connectivity index is 1.45. The molecule has 0 radical (unpaired) electrons. The maximum Gasteiger partial charge on any atom is 0.274 e. The first-order valence-corrected chi connectivity index (χ1v) is 8.07. The number of fused-ring (bicyclic) bond motifs is 1. The molecule has 0 saturated heterocycles. The van der Waals surface area contributed by atoms with E-state index >= 15 is 0 Å². The molecule has 4 rings (SSSR count). The van der Waals surface area contributed by atoms with Gasteiger partial charge in [-0.05, 0) is 17.2 Å². The van der Waals surface area contributed by atoms with Gasteiger partial charge >= 0.3 is 0 Å². The number of aromatic nitrogens is 4. The van der Waals surface area contributed by atoms with E-state index in [2.05, 4.69) is 20.6 Å². The number of hydrogen-bond donors (Lipinski definition) is 1. The lowest BCUT2D eigenvalue weighted by atomic mass is 10.1. The summed E-state index contributed by atoms with van der Waals surface area (Å²) < 4.78 is 7.66. The fourth-order valence-electron chi connectivity index (χ4n) is 2.83.